The number of aryl methyl sites for hydroxylation is 2. The summed E-state index contributed by atoms with van der Waals surface area (Å²) in [4.78, 5) is 4.38. The van der Waals surface area contributed by atoms with Gasteiger partial charge in [0.1, 0.15) is 17.3 Å². The van der Waals surface area contributed by atoms with E-state index in [1.807, 2.05) is 31.5 Å². The van der Waals surface area contributed by atoms with Crippen LogP contribution in [-0.4, -0.2) is 9.55 Å². The molecule has 2 aromatic rings. The summed E-state index contributed by atoms with van der Waals surface area (Å²) in [5, 5.41) is 3.44. The fraction of sp³-hybridized carbons (Fsp3) is 0.500. The van der Waals surface area contributed by atoms with Gasteiger partial charge in [-0.15, -0.1) is 0 Å². The van der Waals surface area contributed by atoms with Crippen LogP contribution in [0, 0.1) is 6.92 Å². The molecule has 0 aliphatic heterocycles. The van der Waals surface area contributed by atoms with Gasteiger partial charge in [-0.3, -0.25) is 0 Å². The van der Waals surface area contributed by atoms with Crippen molar-refractivity contribution in [2.45, 2.75) is 46.3 Å². The summed E-state index contributed by atoms with van der Waals surface area (Å²) in [6, 6.07) is 4.21. The Morgan fingerprint density at radius 1 is 1.44 bits per heavy atom. The van der Waals surface area contributed by atoms with E-state index in [-0.39, 0.29) is 6.04 Å². The maximum absolute atomic E-state index is 5.60. The Hall–Kier alpha value is -1.55. The number of hydrogen-bond acceptors (Lipinski definition) is 3. The van der Waals surface area contributed by atoms with E-state index < -0.39 is 0 Å². The lowest BCUT2D eigenvalue weighted by atomic mass is 10.2. The van der Waals surface area contributed by atoms with E-state index in [0.29, 0.717) is 0 Å². The van der Waals surface area contributed by atoms with Crippen LogP contribution in [0.4, 0.5) is 0 Å². The van der Waals surface area contributed by atoms with Crippen LogP contribution in [-0.2, 0) is 13.1 Å². The fourth-order valence-corrected chi connectivity index (χ4v) is 1.98. The Morgan fingerprint density at radius 2 is 2.28 bits per heavy atom. The van der Waals surface area contributed by atoms with Gasteiger partial charge >= 0.3 is 0 Å². The third-order valence-electron chi connectivity index (χ3n) is 3.02. The molecule has 0 amide bonds. The second-order valence-electron chi connectivity index (χ2n) is 4.59. The van der Waals surface area contributed by atoms with Gasteiger partial charge in [-0.25, -0.2) is 4.98 Å². The molecule has 2 rings (SSSR count). The van der Waals surface area contributed by atoms with E-state index in [4.69, 9.17) is 4.42 Å². The van der Waals surface area contributed by atoms with Crippen LogP contribution in [0.5, 0.6) is 0 Å². The minimum atomic E-state index is 0.200. The highest BCUT2D eigenvalue weighted by Gasteiger charge is 2.10. The first kappa shape index (κ1) is 12.9. The Morgan fingerprint density at radius 3 is 2.94 bits per heavy atom. The normalized spacial score (nSPS) is 12.8. The van der Waals surface area contributed by atoms with Crippen LogP contribution >= 0.6 is 0 Å². The molecule has 98 valence electrons. The number of nitrogens with zero attached hydrogens (tertiary/aromatic N) is 2. The van der Waals surface area contributed by atoms with Crippen molar-refractivity contribution in [1.82, 2.24) is 14.9 Å². The molecular weight excluding hydrogens is 226 g/mol. The smallest absolute Gasteiger partial charge is 0.122 e. The molecule has 0 spiro atoms. The molecule has 0 saturated heterocycles. The van der Waals surface area contributed by atoms with Gasteiger partial charge < -0.3 is 14.3 Å². The standard InChI is InChI=1S/C14H21N3O/c1-4-8-17-9-7-15-14(17)10-16-12(3)13-6-5-11(2)18-13/h5-7,9,12,16H,4,8,10H2,1-3H3. The number of furan rings is 1. The third-order valence-corrected chi connectivity index (χ3v) is 3.02. The molecular formula is C14H21N3O. The van der Waals surface area contributed by atoms with E-state index in [9.17, 15) is 0 Å². The minimum absolute atomic E-state index is 0.200. The SMILES string of the molecule is CCCn1ccnc1CNC(C)c1ccc(C)o1. The summed E-state index contributed by atoms with van der Waals surface area (Å²) in [5.41, 5.74) is 0. The van der Waals surface area contributed by atoms with Crippen molar-refractivity contribution in [2.75, 3.05) is 0 Å². The third kappa shape index (κ3) is 3.01. The van der Waals surface area contributed by atoms with E-state index in [0.717, 1.165) is 36.9 Å². The zero-order valence-electron chi connectivity index (χ0n) is 11.3. The lowest BCUT2D eigenvalue weighted by Gasteiger charge is -2.12. The molecule has 2 heterocycles. The average molecular weight is 247 g/mol. The Labute approximate surface area is 108 Å². The summed E-state index contributed by atoms with van der Waals surface area (Å²) < 4.78 is 7.79. The second-order valence-corrected chi connectivity index (χ2v) is 4.59. The lowest BCUT2D eigenvalue weighted by molar-refractivity contribution is 0.410. The molecule has 18 heavy (non-hydrogen) atoms. The molecule has 1 N–H and O–H groups in total. The number of hydrogen-bond donors (Lipinski definition) is 1. The van der Waals surface area contributed by atoms with Gasteiger partial charge in [0.15, 0.2) is 0 Å². The predicted molar refractivity (Wildman–Crippen MR) is 71.2 cm³/mol. The predicted octanol–water partition coefficient (Wildman–Crippen LogP) is 3.05. The zero-order valence-corrected chi connectivity index (χ0v) is 11.3. The number of rotatable bonds is 6. The lowest BCUT2D eigenvalue weighted by Crippen LogP contribution is -2.20. The molecule has 4 nitrogen and oxygen atoms in total. The van der Waals surface area contributed by atoms with Gasteiger partial charge in [-0.2, -0.15) is 0 Å². The van der Waals surface area contributed by atoms with Crippen LogP contribution < -0.4 is 5.32 Å². The van der Waals surface area contributed by atoms with Crippen LogP contribution in [0.25, 0.3) is 0 Å². The van der Waals surface area contributed by atoms with Crippen molar-refractivity contribution in [2.24, 2.45) is 0 Å². The fourth-order valence-electron chi connectivity index (χ4n) is 1.98. The number of nitrogens with one attached hydrogen (secondary N) is 1. The van der Waals surface area contributed by atoms with Gasteiger partial charge in [-0.1, -0.05) is 6.92 Å². The van der Waals surface area contributed by atoms with Gasteiger partial charge in [0.2, 0.25) is 0 Å². The molecule has 0 saturated carbocycles. The highest BCUT2D eigenvalue weighted by molar-refractivity contribution is 5.09. The van der Waals surface area contributed by atoms with Crippen molar-refractivity contribution >= 4 is 0 Å². The summed E-state index contributed by atoms with van der Waals surface area (Å²) in [7, 11) is 0. The molecule has 4 heteroatoms. The first-order valence-corrected chi connectivity index (χ1v) is 6.50. The largest absolute Gasteiger partial charge is 0.465 e. The highest BCUT2D eigenvalue weighted by Crippen LogP contribution is 2.15. The van der Waals surface area contributed by atoms with Crippen LogP contribution in [0.3, 0.4) is 0 Å². The maximum atomic E-state index is 5.60. The first-order chi connectivity index (χ1) is 8.70. The summed E-state index contributed by atoms with van der Waals surface area (Å²) in [6.07, 6.45) is 5.01. The maximum Gasteiger partial charge on any atom is 0.122 e. The molecule has 2 aromatic heterocycles. The van der Waals surface area contributed by atoms with Crippen LogP contribution in [0.1, 0.15) is 43.7 Å². The van der Waals surface area contributed by atoms with Crippen molar-refractivity contribution in [3.63, 3.8) is 0 Å². The highest BCUT2D eigenvalue weighted by atomic mass is 16.3. The first-order valence-electron chi connectivity index (χ1n) is 6.50. The van der Waals surface area contributed by atoms with Gasteiger partial charge in [0, 0.05) is 18.9 Å². The van der Waals surface area contributed by atoms with E-state index >= 15 is 0 Å². The topological polar surface area (TPSA) is 43.0 Å². The molecule has 0 fully saturated rings. The molecule has 0 aromatic carbocycles. The van der Waals surface area contributed by atoms with Gasteiger partial charge in [0.25, 0.3) is 0 Å². The van der Waals surface area contributed by atoms with Crippen LogP contribution in [0.2, 0.25) is 0 Å². The summed E-state index contributed by atoms with van der Waals surface area (Å²) >= 11 is 0. The quantitative estimate of drug-likeness (QED) is 0.853. The summed E-state index contributed by atoms with van der Waals surface area (Å²) in [6.45, 7) is 8.01. The van der Waals surface area contributed by atoms with Crippen molar-refractivity contribution in [3.05, 3.63) is 41.9 Å². The van der Waals surface area contributed by atoms with Gasteiger partial charge in [0.05, 0.1) is 12.6 Å². The molecule has 0 aliphatic carbocycles. The van der Waals surface area contributed by atoms with E-state index in [2.05, 4.69) is 28.7 Å². The minimum Gasteiger partial charge on any atom is -0.465 e. The second kappa shape index (κ2) is 5.87. The Balaban J connectivity index is 1.92. The number of aromatic nitrogens is 2. The molecule has 0 aliphatic rings. The molecule has 0 bridgehead atoms. The Kier molecular flexibility index (Phi) is 4.20. The van der Waals surface area contributed by atoms with E-state index in [1.165, 1.54) is 0 Å². The van der Waals surface area contributed by atoms with E-state index in [1.54, 1.807) is 0 Å². The monoisotopic (exact) mass is 247 g/mol. The molecule has 1 unspecified atom stereocenters. The van der Waals surface area contributed by atoms with Crippen molar-refractivity contribution < 1.29 is 4.42 Å². The zero-order chi connectivity index (χ0) is 13.0. The van der Waals surface area contributed by atoms with Gasteiger partial charge in [-0.05, 0) is 32.4 Å². The number of imidazole rings is 1. The van der Waals surface area contributed by atoms with Crippen LogP contribution in [0.15, 0.2) is 28.9 Å². The molecule has 0 radical (unpaired) electrons. The Bertz CT molecular complexity index is 487. The van der Waals surface area contributed by atoms with Crippen molar-refractivity contribution in [3.8, 4) is 0 Å². The average Bonchev–Trinajstić information content (AvgIpc) is 2.96. The molecule has 1 atom stereocenters. The summed E-state index contributed by atoms with van der Waals surface area (Å²) in [5.74, 6) is 3.00. The van der Waals surface area contributed by atoms with Crippen molar-refractivity contribution in [1.29, 1.82) is 0 Å².